The molecule has 0 unspecified atom stereocenters. The van der Waals surface area contributed by atoms with Crippen LogP contribution in [0, 0.1) is 11.6 Å². The van der Waals surface area contributed by atoms with Gasteiger partial charge in [-0.1, -0.05) is 12.1 Å². The quantitative estimate of drug-likeness (QED) is 0.723. The number of ether oxygens (including phenoxy) is 1. The Balaban J connectivity index is 2.12. The average molecular weight is 412 g/mol. The molecule has 0 aliphatic rings. The maximum Gasteiger partial charge on any atom is 0.241 e. The molecule has 0 bridgehead atoms. The minimum Gasteiger partial charge on any atom is -0.494 e. The Morgan fingerprint density at radius 3 is 2.32 bits per heavy atom. The summed E-state index contributed by atoms with van der Waals surface area (Å²) in [6.45, 7) is 3.59. The van der Waals surface area contributed by atoms with Crippen LogP contribution in [0.1, 0.15) is 25.5 Å². The average Bonchev–Trinajstić information content (AvgIpc) is 2.62. The zero-order valence-corrected chi connectivity index (χ0v) is 16.6. The molecular weight excluding hydrogens is 390 g/mol. The highest BCUT2D eigenvalue weighted by Crippen LogP contribution is 2.21. The Morgan fingerprint density at radius 1 is 1.14 bits per heavy atom. The van der Waals surface area contributed by atoms with Gasteiger partial charge in [0.2, 0.25) is 15.9 Å². The molecular formula is C19H22F2N2O4S. The molecule has 0 saturated heterocycles. The van der Waals surface area contributed by atoms with Gasteiger partial charge in [-0.25, -0.2) is 17.2 Å². The molecule has 0 heterocycles. The van der Waals surface area contributed by atoms with Crippen LogP contribution in [0.2, 0.25) is 0 Å². The number of amides is 1. The van der Waals surface area contributed by atoms with E-state index in [0.29, 0.717) is 12.4 Å². The second-order valence-electron chi connectivity index (χ2n) is 6.16. The first-order valence-corrected chi connectivity index (χ1v) is 10.4. The lowest BCUT2D eigenvalue weighted by Crippen LogP contribution is -2.41. The lowest BCUT2D eigenvalue weighted by atomic mass is 10.1. The van der Waals surface area contributed by atoms with Crippen LogP contribution in [0.3, 0.4) is 0 Å². The van der Waals surface area contributed by atoms with Crippen LogP contribution in [-0.4, -0.2) is 33.7 Å². The Morgan fingerprint density at radius 2 is 1.79 bits per heavy atom. The van der Waals surface area contributed by atoms with E-state index in [-0.39, 0.29) is 5.69 Å². The van der Waals surface area contributed by atoms with Gasteiger partial charge in [-0.2, -0.15) is 0 Å². The van der Waals surface area contributed by atoms with Gasteiger partial charge in [0.15, 0.2) is 11.6 Å². The Hall–Kier alpha value is -2.68. The fourth-order valence-corrected chi connectivity index (χ4v) is 3.41. The topological polar surface area (TPSA) is 75.7 Å². The van der Waals surface area contributed by atoms with Gasteiger partial charge in [0.1, 0.15) is 12.3 Å². The molecule has 0 spiro atoms. The molecule has 0 fully saturated rings. The number of rotatable bonds is 8. The zero-order valence-electron chi connectivity index (χ0n) is 15.8. The molecule has 152 valence electrons. The van der Waals surface area contributed by atoms with Gasteiger partial charge in [0.25, 0.3) is 0 Å². The summed E-state index contributed by atoms with van der Waals surface area (Å²) < 4.78 is 56.8. The van der Waals surface area contributed by atoms with Gasteiger partial charge < -0.3 is 10.1 Å². The maximum atomic E-state index is 13.5. The highest BCUT2D eigenvalue weighted by atomic mass is 32.2. The van der Waals surface area contributed by atoms with Crippen LogP contribution in [-0.2, 0) is 14.8 Å². The van der Waals surface area contributed by atoms with E-state index in [1.807, 2.05) is 6.92 Å². The minimum absolute atomic E-state index is 0.134. The fourth-order valence-electron chi connectivity index (χ4n) is 2.56. The van der Waals surface area contributed by atoms with Crippen LogP contribution in [0.4, 0.5) is 14.5 Å². The lowest BCUT2D eigenvalue weighted by molar-refractivity contribution is -0.120. The number of hydrogen-bond acceptors (Lipinski definition) is 4. The highest BCUT2D eigenvalue weighted by molar-refractivity contribution is 7.92. The number of nitrogens with one attached hydrogen (secondary N) is 1. The predicted octanol–water partition coefficient (Wildman–Crippen LogP) is 3.01. The van der Waals surface area contributed by atoms with Crippen molar-refractivity contribution in [2.45, 2.75) is 19.9 Å². The van der Waals surface area contributed by atoms with E-state index in [2.05, 4.69) is 5.32 Å². The van der Waals surface area contributed by atoms with Crippen LogP contribution in [0.15, 0.2) is 42.5 Å². The van der Waals surface area contributed by atoms with Crippen molar-refractivity contribution in [1.82, 2.24) is 5.32 Å². The van der Waals surface area contributed by atoms with Gasteiger partial charge in [0.05, 0.1) is 24.6 Å². The van der Waals surface area contributed by atoms with Crippen molar-refractivity contribution in [1.29, 1.82) is 0 Å². The number of carbonyl (C=O) groups excluding carboxylic acids is 1. The molecule has 2 aromatic rings. The van der Waals surface area contributed by atoms with E-state index in [0.717, 1.165) is 34.3 Å². The van der Waals surface area contributed by atoms with E-state index < -0.39 is 40.2 Å². The van der Waals surface area contributed by atoms with Crippen molar-refractivity contribution >= 4 is 21.6 Å². The van der Waals surface area contributed by atoms with E-state index in [9.17, 15) is 22.0 Å². The third-order valence-corrected chi connectivity index (χ3v) is 5.09. The summed E-state index contributed by atoms with van der Waals surface area (Å²) in [6.07, 6.45) is 0.886. The summed E-state index contributed by atoms with van der Waals surface area (Å²) in [5, 5.41) is 2.69. The minimum atomic E-state index is -3.89. The van der Waals surface area contributed by atoms with Crippen molar-refractivity contribution in [3.8, 4) is 5.75 Å². The van der Waals surface area contributed by atoms with Crippen LogP contribution >= 0.6 is 0 Å². The van der Waals surface area contributed by atoms with E-state index in [1.165, 1.54) is 0 Å². The number of hydrogen-bond donors (Lipinski definition) is 1. The summed E-state index contributed by atoms with van der Waals surface area (Å²) in [5.41, 5.74) is 0.667. The lowest BCUT2D eigenvalue weighted by Gasteiger charge is -2.23. The first-order chi connectivity index (χ1) is 13.1. The van der Waals surface area contributed by atoms with Crippen LogP contribution < -0.4 is 14.4 Å². The molecule has 1 atom stereocenters. The number of benzene rings is 2. The van der Waals surface area contributed by atoms with Gasteiger partial charge in [-0.15, -0.1) is 0 Å². The maximum absolute atomic E-state index is 13.5. The molecule has 0 aliphatic carbocycles. The Labute approximate surface area is 163 Å². The van der Waals surface area contributed by atoms with Crippen molar-refractivity contribution in [2.24, 2.45) is 0 Å². The largest absolute Gasteiger partial charge is 0.494 e. The predicted molar refractivity (Wildman–Crippen MR) is 103 cm³/mol. The fraction of sp³-hybridized carbons (Fsp3) is 0.316. The molecule has 1 amide bonds. The third kappa shape index (κ3) is 5.66. The molecule has 1 N–H and O–H groups in total. The smallest absolute Gasteiger partial charge is 0.241 e. The SMILES string of the molecule is CCOc1ccc([C@H](C)NC(=O)CN(c2ccc(F)c(F)c2)S(C)(=O)=O)cc1. The molecule has 2 aromatic carbocycles. The van der Waals surface area contributed by atoms with Crippen molar-refractivity contribution in [3.05, 3.63) is 59.7 Å². The summed E-state index contributed by atoms with van der Waals surface area (Å²) in [5.74, 6) is -2.19. The molecule has 6 nitrogen and oxygen atoms in total. The number of nitrogens with zero attached hydrogens (tertiary/aromatic N) is 1. The molecule has 2 rings (SSSR count). The number of carbonyl (C=O) groups is 1. The monoisotopic (exact) mass is 412 g/mol. The van der Waals surface area contributed by atoms with E-state index in [4.69, 9.17) is 4.74 Å². The number of halogens is 2. The highest BCUT2D eigenvalue weighted by Gasteiger charge is 2.23. The molecule has 0 aromatic heterocycles. The van der Waals surface area contributed by atoms with Gasteiger partial charge in [-0.05, 0) is 43.7 Å². The molecule has 0 saturated carbocycles. The molecule has 28 heavy (non-hydrogen) atoms. The number of sulfonamides is 1. The Kier molecular flexibility index (Phi) is 6.95. The van der Waals surface area contributed by atoms with Crippen molar-refractivity contribution in [3.63, 3.8) is 0 Å². The van der Waals surface area contributed by atoms with Crippen LogP contribution in [0.25, 0.3) is 0 Å². The Bertz CT molecular complexity index is 933. The van der Waals surface area contributed by atoms with Gasteiger partial charge in [0, 0.05) is 6.07 Å². The summed E-state index contributed by atoms with van der Waals surface area (Å²) in [6, 6.07) is 9.37. The number of anilines is 1. The second-order valence-corrected chi connectivity index (χ2v) is 8.07. The van der Waals surface area contributed by atoms with E-state index >= 15 is 0 Å². The third-order valence-electron chi connectivity index (χ3n) is 3.95. The normalized spacial score (nSPS) is 12.3. The molecule has 0 radical (unpaired) electrons. The van der Waals surface area contributed by atoms with Gasteiger partial charge >= 0.3 is 0 Å². The van der Waals surface area contributed by atoms with Crippen molar-refractivity contribution in [2.75, 3.05) is 23.7 Å². The van der Waals surface area contributed by atoms with Crippen molar-refractivity contribution < 1.29 is 26.7 Å². The second kappa shape index (κ2) is 9.01. The summed E-state index contributed by atoms with van der Waals surface area (Å²) in [4.78, 5) is 12.4. The molecule has 9 heteroatoms. The standard InChI is InChI=1S/C19H22F2N2O4S/c1-4-27-16-8-5-14(6-9-16)13(2)22-19(24)12-23(28(3,25)26)15-7-10-17(20)18(21)11-15/h5-11,13H,4,12H2,1-3H3,(H,22,24)/t13-/m0/s1. The summed E-state index contributed by atoms with van der Waals surface area (Å²) >= 11 is 0. The van der Waals surface area contributed by atoms with Gasteiger partial charge in [-0.3, -0.25) is 9.10 Å². The van der Waals surface area contributed by atoms with Crippen LogP contribution in [0.5, 0.6) is 5.75 Å². The first kappa shape index (κ1) is 21.6. The molecule has 0 aliphatic heterocycles. The summed E-state index contributed by atoms with van der Waals surface area (Å²) in [7, 11) is -3.89. The zero-order chi connectivity index (χ0) is 20.9. The first-order valence-electron chi connectivity index (χ1n) is 8.56. The van der Waals surface area contributed by atoms with E-state index in [1.54, 1.807) is 31.2 Å².